The monoisotopic (exact) mass is 365 g/mol. The maximum atomic E-state index is 12.5. The molecule has 5 heteroatoms. The average Bonchev–Trinajstić information content (AvgIpc) is 2.65. The Balaban J connectivity index is 1.66. The van der Waals surface area contributed by atoms with Crippen molar-refractivity contribution in [3.05, 3.63) is 88.7 Å². The van der Waals surface area contributed by atoms with E-state index in [1.54, 1.807) is 24.2 Å². The Morgan fingerprint density at radius 2 is 1.81 bits per heavy atom. The molecule has 0 aliphatic heterocycles. The van der Waals surface area contributed by atoms with Gasteiger partial charge >= 0.3 is 0 Å². The van der Waals surface area contributed by atoms with Gasteiger partial charge in [-0.3, -0.25) is 4.79 Å². The highest BCUT2D eigenvalue weighted by molar-refractivity contribution is 6.31. The predicted molar refractivity (Wildman–Crippen MR) is 106 cm³/mol. The minimum absolute atomic E-state index is 0.112. The smallest absolute Gasteiger partial charge is 0.272 e. The Hall–Kier alpha value is -2.85. The summed E-state index contributed by atoms with van der Waals surface area (Å²) in [5.41, 5.74) is 4.20. The number of carbonyl (C=O) groups is 1. The number of pyridine rings is 1. The molecule has 0 aliphatic carbocycles. The van der Waals surface area contributed by atoms with Crippen LogP contribution >= 0.6 is 11.6 Å². The lowest BCUT2D eigenvalue weighted by Gasteiger charge is -2.17. The fourth-order valence-electron chi connectivity index (χ4n) is 2.56. The number of benzene rings is 2. The Labute approximate surface area is 158 Å². The van der Waals surface area contributed by atoms with Gasteiger partial charge < -0.3 is 10.2 Å². The zero-order valence-electron chi connectivity index (χ0n) is 14.7. The molecule has 2 aromatic carbocycles. The minimum atomic E-state index is -0.112. The molecule has 132 valence electrons. The van der Waals surface area contributed by atoms with Crippen LogP contribution in [0.25, 0.3) is 0 Å². The molecule has 0 atom stereocenters. The number of hydrogen-bond donors (Lipinski definition) is 1. The lowest BCUT2D eigenvalue weighted by molar-refractivity contribution is 0.0779. The van der Waals surface area contributed by atoms with Gasteiger partial charge in [0.15, 0.2) is 0 Å². The molecular weight excluding hydrogens is 346 g/mol. The van der Waals surface area contributed by atoms with Gasteiger partial charge in [-0.05, 0) is 42.3 Å². The van der Waals surface area contributed by atoms with Crippen molar-refractivity contribution in [1.29, 1.82) is 0 Å². The van der Waals surface area contributed by atoms with E-state index in [0.717, 1.165) is 22.5 Å². The van der Waals surface area contributed by atoms with Crippen LogP contribution in [0.15, 0.2) is 66.9 Å². The van der Waals surface area contributed by atoms with Gasteiger partial charge in [-0.15, -0.1) is 0 Å². The van der Waals surface area contributed by atoms with Crippen LogP contribution in [0.2, 0.25) is 5.02 Å². The Morgan fingerprint density at radius 3 is 2.46 bits per heavy atom. The molecule has 0 fully saturated rings. The molecule has 26 heavy (non-hydrogen) atoms. The highest BCUT2D eigenvalue weighted by atomic mass is 35.5. The minimum Gasteiger partial charge on any atom is -0.354 e. The standard InChI is InChI=1S/C21H20ClN3O/c1-15-8-9-17(12-19(15)22)24-18-10-11-20(23-13-18)21(26)25(2)14-16-6-4-3-5-7-16/h3-13,24H,14H2,1-2H3. The van der Waals surface area contributed by atoms with Crippen LogP contribution in [-0.2, 0) is 6.54 Å². The van der Waals surface area contributed by atoms with Crippen LogP contribution in [0.4, 0.5) is 11.4 Å². The highest BCUT2D eigenvalue weighted by Crippen LogP contribution is 2.23. The van der Waals surface area contributed by atoms with Crippen molar-refractivity contribution in [1.82, 2.24) is 9.88 Å². The topological polar surface area (TPSA) is 45.2 Å². The van der Waals surface area contributed by atoms with E-state index in [1.165, 1.54) is 0 Å². The zero-order chi connectivity index (χ0) is 18.5. The van der Waals surface area contributed by atoms with E-state index >= 15 is 0 Å². The average molecular weight is 366 g/mol. The molecule has 0 saturated heterocycles. The summed E-state index contributed by atoms with van der Waals surface area (Å²) in [7, 11) is 1.78. The van der Waals surface area contributed by atoms with Gasteiger partial charge in [-0.2, -0.15) is 0 Å². The van der Waals surface area contributed by atoms with E-state index in [9.17, 15) is 4.79 Å². The van der Waals surface area contributed by atoms with Gasteiger partial charge in [-0.25, -0.2) is 4.98 Å². The first-order valence-electron chi connectivity index (χ1n) is 8.31. The molecule has 0 spiro atoms. The molecule has 0 aliphatic rings. The van der Waals surface area contributed by atoms with Crippen LogP contribution in [0.1, 0.15) is 21.6 Å². The predicted octanol–water partition coefficient (Wildman–Crippen LogP) is 5.06. The number of rotatable bonds is 5. The van der Waals surface area contributed by atoms with Crippen molar-refractivity contribution in [3.63, 3.8) is 0 Å². The maximum Gasteiger partial charge on any atom is 0.272 e. The Kier molecular flexibility index (Phi) is 5.54. The normalized spacial score (nSPS) is 10.4. The SMILES string of the molecule is Cc1ccc(Nc2ccc(C(=O)N(C)Cc3ccccc3)nc2)cc1Cl. The molecule has 1 N–H and O–H groups in total. The van der Waals surface area contributed by atoms with Gasteiger partial charge in [0.05, 0.1) is 11.9 Å². The molecule has 4 nitrogen and oxygen atoms in total. The van der Waals surface area contributed by atoms with E-state index in [4.69, 9.17) is 11.6 Å². The molecule has 1 amide bonds. The van der Waals surface area contributed by atoms with Crippen LogP contribution in [0.5, 0.6) is 0 Å². The van der Waals surface area contributed by atoms with Crippen molar-refractivity contribution in [2.24, 2.45) is 0 Å². The number of nitrogens with zero attached hydrogens (tertiary/aromatic N) is 2. The lowest BCUT2D eigenvalue weighted by atomic mass is 10.2. The Bertz CT molecular complexity index is 895. The van der Waals surface area contributed by atoms with Gasteiger partial charge in [0.1, 0.15) is 5.69 Å². The molecule has 0 unspecified atom stereocenters. The van der Waals surface area contributed by atoms with Crippen molar-refractivity contribution in [3.8, 4) is 0 Å². The number of aryl methyl sites for hydroxylation is 1. The molecule has 0 bridgehead atoms. The van der Waals surface area contributed by atoms with E-state index in [2.05, 4.69) is 10.3 Å². The maximum absolute atomic E-state index is 12.5. The fraction of sp³-hybridized carbons (Fsp3) is 0.143. The second-order valence-corrected chi connectivity index (χ2v) is 6.58. The third-order valence-electron chi connectivity index (χ3n) is 4.05. The molecule has 0 saturated carbocycles. The van der Waals surface area contributed by atoms with Crippen LogP contribution in [-0.4, -0.2) is 22.8 Å². The zero-order valence-corrected chi connectivity index (χ0v) is 15.5. The third kappa shape index (κ3) is 4.41. The third-order valence-corrected chi connectivity index (χ3v) is 4.46. The first-order chi connectivity index (χ1) is 12.5. The summed E-state index contributed by atoms with van der Waals surface area (Å²) in [5, 5.41) is 3.94. The number of halogens is 1. The molecule has 1 heterocycles. The summed E-state index contributed by atoms with van der Waals surface area (Å²) in [5.74, 6) is -0.112. The molecule has 1 aromatic heterocycles. The Morgan fingerprint density at radius 1 is 1.08 bits per heavy atom. The summed E-state index contributed by atoms with van der Waals surface area (Å²) >= 11 is 6.14. The number of amides is 1. The molecule has 0 radical (unpaired) electrons. The quantitative estimate of drug-likeness (QED) is 0.687. The second kappa shape index (κ2) is 8.02. The summed E-state index contributed by atoms with van der Waals surface area (Å²) in [6.07, 6.45) is 1.65. The number of aromatic nitrogens is 1. The lowest BCUT2D eigenvalue weighted by Crippen LogP contribution is -2.26. The van der Waals surface area contributed by atoms with Crippen LogP contribution in [0.3, 0.4) is 0 Å². The largest absolute Gasteiger partial charge is 0.354 e. The summed E-state index contributed by atoms with van der Waals surface area (Å²) in [6, 6.07) is 19.2. The van der Waals surface area contributed by atoms with E-state index in [1.807, 2.05) is 61.5 Å². The van der Waals surface area contributed by atoms with Crippen molar-refractivity contribution in [2.45, 2.75) is 13.5 Å². The van der Waals surface area contributed by atoms with Gasteiger partial charge in [0.2, 0.25) is 0 Å². The van der Waals surface area contributed by atoms with Gasteiger partial charge in [-0.1, -0.05) is 48.0 Å². The number of hydrogen-bond acceptors (Lipinski definition) is 3. The van der Waals surface area contributed by atoms with Crippen LogP contribution < -0.4 is 5.32 Å². The van der Waals surface area contributed by atoms with E-state index in [0.29, 0.717) is 17.3 Å². The second-order valence-electron chi connectivity index (χ2n) is 6.17. The number of carbonyl (C=O) groups excluding carboxylic acids is 1. The summed E-state index contributed by atoms with van der Waals surface area (Å²) in [6.45, 7) is 2.50. The van der Waals surface area contributed by atoms with Crippen molar-refractivity contribution in [2.75, 3.05) is 12.4 Å². The van der Waals surface area contributed by atoms with E-state index < -0.39 is 0 Å². The van der Waals surface area contributed by atoms with Crippen molar-refractivity contribution >= 4 is 28.9 Å². The van der Waals surface area contributed by atoms with Gasteiger partial charge in [0.25, 0.3) is 5.91 Å². The number of nitrogens with one attached hydrogen (secondary N) is 1. The number of anilines is 2. The summed E-state index contributed by atoms with van der Waals surface area (Å²) < 4.78 is 0. The van der Waals surface area contributed by atoms with Crippen LogP contribution in [0, 0.1) is 6.92 Å². The highest BCUT2D eigenvalue weighted by Gasteiger charge is 2.13. The summed E-state index contributed by atoms with van der Waals surface area (Å²) in [4.78, 5) is 18.5. The molecular formula is C21H20ClN3O. The van der Waals surface area contributed by atoms with Crippen molar-refractivity contribution < 1.29 is 4.79 Å². The molecule has 3 aromatic rings. The molecule has 3 rings (SSSR count). The first kappa shape index (κ1) is 18.0. The van der Waals surface area contributed by atoms with E-state index in [-0.39, 0.29) is 5.91 Å². The van der Waals surface area contributed by atoms with Gasteiger partial charge in [0, 0.05) is 24.3 Å². The fourth-order valence-corrected chi connectivity index (χ4v) is 2.74. The first-order valence-corrected chi connectivity index (χ1v) is 8.69.